The number of esters is 1. The van der Waals surface area contributed by atoms with Gasteiger partial charge in [0.2, 0.25) is 0 Å². The fourth-order valence-electron chi connectivity index (χ4n) is 1.62. The summed E-state index contributed by atoms with van der Waals surface area (Å²) in [6.07, 6.45) is 0. The predicted molar refractivity (Wildman–Crippen MR) is 78.4 cm³/mol. The number of benzene rings is 2. The standard InChI is InChI=1S/C16H12ClNO3/c17-15-4-2-1-3-14(15)16(19)21-10-9-20-13-7-5-12(11-18)6-8-13/h1-8H,9-10H2. The molecule has 0 radical (unpaired) electrons. The zero-order chi connectivity index (χ0) is 15.1. The van der Waals surface area contributed by atoms with Crippen molar-refractivity contribution in [3.8, 4) is 11.8 Å². The van der Waals surface area contributed by atoms with Gasteiger partial charge >= 0.3 is 5.97 Å². The highest BCUT2D eigenvalue weighted by Gasteiger charge is 2.10. The molecular formula is C16H12ClNO3. The lowest BCUT2D eigenvalue weighted by molar-refractivity contribution is 0.0450. The number of nitrogens with zero attached hydrogens (tertiary/aromatic N) is 1. The molecule has 0 amide bonds. The highest BCUT2D eigenvalue weighted by Crippen LogP contribution is 2.16. The van der Waals surface area contributed by atoms with Crippen LogP contribution in [0.1, 0.15) is 15.9 Å². The van der Waals surface area contributed by atoms with Gasteiger partial charge in [0.05, 0.1) is 22.2 Å². The van der Waals surface area contributed by atoms with Gasteiger partial charge in [-0.1, -0.05) is 23.7 Å². The first kappa shape index (κ1) is 14.9. The lowest BCUT2D eigenvalue weighted by atomic mass is 10.2. The van der Waals surface area contributed by atoms with Crippen LogP contribution in [0.15, 0.2) is 48.5 Å². The van der Waals surface area contributed by atoms with Gasteiger partial charge < -0.3 is 9.47 Å². The normalized spacial score (nSPS) is 9.71. The second-order valence-corrected chi connectivity index (χ2v) is 4.51. The van der Waals surface area contributed by atoms with Crippen LogP contribution in [0.3, 0.4) is 0 Å². The molecule has 0 atom stereocenters. The molecule has 0 aromatic heterocycles. The fraction of sp³-hybridized carbons (Fsp3) is 0.125. The van der Waals surface area contributed by atoms with Crippen molar-refractivity contribution in [1.29, 1.82) is 5.26 Å². The first-order valence-corrected chi connectivity index (χ1v) is 6.63. The molecule has 0 fully saturated rings. The van der Waals surface area contributed by atoms with E-state index in [1.165, 1.54) is 0 Å². The van der Waals surface area contributed by atoms with Crippen molar-refractivity contribution in [3.05, 3.63) is 64.7 Å². The number of carbonyl (C=O) groups excluding carboxylic acids is 1. The van der Waals surface area contributed by atoms with E-state index >= 15 is 0 Å². The van der Waals surface area contributed by atoms with E-state index in [0.717, 1.165) is 0 Å². The molecule has 106 valence electrons. The number of halogens is 1. The van der Waals surface area contributed by atoms with Crippen LogP contribution in [0.25, 0.3) is 0 Å². The second-order valence-electron chi connectivity index (χ2n) is 4.10. The van der Waals surface area contributed by atoms with Crippen LogP contribution in [-0.2, 0) is 4.74 Å². The van der Waals surface area contributed by atoms with Crippen LogP contribution < -0.4 is 4.74 Å². The van der Waals surface area contributed by atoms with E-state index in [-0.39, 0.29) is 13.2 Å². The molecule has 0 aliphatic heterocycles. The van der Waals surface area contributed by atoms with Gasteiger partial charge in [0.15, 0.2) is 0 Å². The summed E-state index contributed by atoms with van der Waals surface area (Å²) in [7, 11) is 0. The van der Waals surface area contributed by atoms with Crippen LogP contribution >= 0.6 is 11.6 Å². The Balaban J connectivity index is 1.78. The van der Waals surface area contributed by atoms with Crippen molar-refractivity contribution in [3.63, 3.8) is 0 Å². The zero-order valence-electron chi connectivity index (χ0n) is 11.1. The summed E-state index contributed by atoms with van der Waals surface area (Å²) in [4.78, 5) is 11.8. The summed E-state index contributed by atoms with van der Waals surface area (Å²) in [5.74, 6) is 0.131. The summed E-state index contributed by atoms with van der Waals surface area (Å²) in [5, 5.41) is 9.03. The lowest BCUT2D eigenvalue weighted by Gasteiger charge is -2.08. The van der Waals surface area contributed by atoms with Crippen molar-refractivity contribution in [2.75, 3.05) is 13.2 Å². The Morgan fingerprint density at radius 2 is 1.81 bits per heavy atom. The molecule has 0 unspecified atom stereocenters. The Hall–Kier alpha value is -2.51. The summed E-state index contributed by atoms with van der Waals surface area (Å²) >= 11 is 5.90. The first-order chi connectivity index (χ1) is 10.2. The van der Waals surface area contributed by atoms with Gasteiger partial charge in [0.25, 0.3) is 0 Å². The van der Waals surface area contributed by atoms with Gasteiger partial charge in [-0.25, -0.2) is 4.79 Å². The van der Waals surface area contributed by atoms with Crippen LogP contribution in [0.4, 0.5) is 0 Å². The molecule has 0 aliphatic rings. The van der Waals surface area contributed by atoms with E-state index < -0.39 is 5.97 Å². The van der Waals surface area contributed by atoms with Crippen molar-refractivity contribution in [2.24, 2.45) is 0 Å². The molecule has 0 saturated heterocycles. The van der Waals surface area contributed by atoms with Gasteiger partial charge in [0.1, 0.15) is 19.0 Å². The van der Waals surface area contributed by atoms with Crippen molar-refractivity contribution < 1.29 is 14.3 Å². The van der Waals surface area contributed by atoms with Crippen molar-refractivity contribution in [2.45, 2.75) is 0 Å². The Kier molecular flexibility index (Phi) is 5.19. The maximum atomic E-state index is 11.8. The zero-order valence-corrected chi connectivity index (χ0v) is 11.8. The monoisotopic (exact) mass is 301 g/mol. The number of nitriles is 1. The number of hydrogen-bond acceptors (Lipinski definition) is 4. The van der Waals surface area contributed by atoms with E-state index in [0.29, 0.717) is 21.9 Å². The molecule has 2 rings (SSSR count). The van der Waals surface area contributed by atoms with Crippen LogP contribution in [0, 0.1) is 11.3 Å². The Morgan fingerprint density at radius 1 is 1.10 bits per heavy atom. The highest BCUT2D eigenvalue weighted by molar-refractivity contribution is 6.33. The molecule has 5 heteroatoms. The first-order valence-electron chi connectivity index (χ1n) is 6.25. The predicted octanol–water partition coefficient (Wildman–Crippen LogP) is 3.45. The topological polar surface area (TPSA) is 59.3 Å². The summed E-state index contributed by atoms with van der Waals surface area (Å²) in [6, 6.07) is 15.4. The molecule has 0 spiro atoms. The molecule has 0 aliphatic carbocycles. The maximum absolute atomic E-state index is 11.8. The highest BCUT2D eigenvalue weighted by atomic mass is 35.5. The minimum Gasteiger partial charge on any atom is -0.490 e. The molecule has 4 nitrogen and oxygen atoms in total. The number of rotatable bonds is 5. The molecule has 0 saturated carbocycles. The molecule has 0 N–H and O–H groups in total. The third-order valence-corrected chi connectivity index (χ3v) is 2.99. The fourth-order valence-corrected chi connectivity index (χ4v) is 1.84. The van der Waals surface area contributed by atoms with Gasteiger partial charge in [-0.2, -0.15) is 5.26 Å². The SMILES string of the molecule is N#Cc1ccc(OCCOC(=O)c2ccccc2Cl)cc1. The number of carbonyl (C=O) groups is 1. The van der Waals surface area contributed by atoms with Gasteiger partial charge in [0, 0.05) is 0 Å². The third kappa shape index (κ3) is 4.23. The molecule has 2 aromatic rings. The smallest absolute Gasteiger partial charge is 0.339 e. The Morgan fingerprint density at radius 3 is 2.48 bits per heavy atom. The minimum absolute atomic E-state index is 0.115. The number of hydrogen-bond donors (Lipinski definition) is 0. The third-order valence-electron chi connectivity index (χ3n) is 2.66. The van der Waals surface area contributed by atoms with E-state index in [9.17, 15) is 4.79 Å². The molecule has 2 aromatic carbocycles. The van der Waals surface area contributed by atoms with Crippen molar-refractivity contribution in [1.82, 2.24) is 0 Å². The second kappa shape index (κ2) is 7.32. The average molecular weight is 302 g/mol. The summed E-state index contributed by atoms with van der Waals surface area (Å²) in [5.41, 5.74) is 0.894. The van der Waals surface area contributed by atoms with Crippen LogP contribution in [-0.4, -0.2) is 19.2 Å². The largest absolute Gasteiger partial charge is 0.490 e. The molecule has 0 bridgehead atoms. The molecular weight excluding hydrogens is 290 g/mol. The number of ether oxygens (including phenoxy) is 2. The molecule has 21 heavy (non-hydrogen) atoms. The Bertz CT molecular complexity index is 662. The van der Waals surface area contributed by atoms with Crippen molar-refractivity contribution >= 4 is 17.6 Å². The van der Waals surface area contributed by atoms with E-state index in [1.807, 2.05) is 6.07 Å². The van der Waals surface area contributed by atoms with E-state index in [1.54, 1.807) is 48.5 Å². The van der Waals surface area contributed by atoms with Gasteiger partial charge in [-0.15, -0.1) is 0 Å². The quantitative estimate of drug-likeness (QED) is 0.627. The van der Waals surface area contributed by atoms with Gasteiger partial charge in [-0.05, 0) is 36.4 Å². The summed E-state index contributed by atoms with van der Waals surface area (Å²) < 4.78 is 10.5. The van der Waals surface area contributed by atoms with Crippen LogP contribution in [0.2, 0.25) is 5.02 Å². The average Bonchev–Trinajstić information content (AvgIpc) is 2.52. The van der Waals surface area contributed by atoms with E-state index in [2.05, 4.69) is 0 Å². The Labute approximate surface area is 127 Å². The lowest BCUT2D eigenvalue weighted by Crippen LogP contribution is -2.12. The van der Waals surface area contributed by atoms with E-state index in [4.69, 9.17) is 26.3 Å². The van der Waals surface area contributed by atoms with Crippen LogP contribution in [0.5, 0.6) is 5.75 Å². The minimum atomic E-state index is -0.482. The maximum Gasteiger partial charge on any atom is 0.339 e. The summed E-state index contributed by atoms with van der Waals surface area (Å²) in [6.45, 7) is 0.339. The van der Waals surface area contributed by atoms with Gasteiger partial charge in [-0.3, -0.25) is 0 Å². The molecule has 0 heterocycles.